The van der Waals surface area contributed by atoms with Crippen molar-refractivity contribution in [2.45, 2.75) is 12.8 Å². The van der Waals surface area contributed by atoms with E-state index in [2.05, 4.69) is 43.3 Å². The molecule has 0 spiro atoms. The number of H-pyrrole nitrogens is 1. The van der Waals surface area contributed by atoms with E-state index in [-0.39, 0.29) is 12.3 Å². The lowest BCUT2D eigenvalue weighted by atomic mass is 10.1. The predicted octanol–water partition coefficient (Wildman–Crippen LogP) is 5.17. The van der Waals surface area contributed by atoms with Gasteiger partial charge >= 0.3 is 0 Å². The normalized spacial score (nSPS) is 10.9. The molecule has 4 aromatic rings. The molecule has 142 valence electrons. The van der Waals surface area contributed by atoms with Crippen LogP contribution < -0.4 is 10.1 Å². The number of aromatic nitrogens is 2. The SMILES string of the molecule is COc1ccc2[nH]cc(CC(=O)Nc3ncc(Cc4ccc(Br)cc4)s3)c2c1. The van der Waals surface area contributed by atoms with Crippen molar-refractivity contribution in [3.05, 3.63) is 75.3 Å². The minimum Gasteiger partial charge on any atom is -0.497 e. The van der Waals surface area contributed by atoms with Crippen LogP contribution in [0.3, 0.4) is 0 Å². The molecular weight excluding hydrogens is 438 g/mol. The molecule has 2 aromatic carbocycles. The zero-order valence-electron chi connectivity index (χ0n) is 15.2. The van der Waals surface area contributed by atoms with Gasteiger partial charge in [-0.15, -0.1) is 11.3 Å². The fourth-order valence-corrected chi connectivity index (χ4v) is 4.14. The number of nitrogens with one attached hydrogen (secondary N) is 2. The number of carbonyl (C=O) groups is 1. The van der Waals surface area contributed by atoms with E-state index in [1.807, 2.05) is 42.7 Å². The van der Waals surface area contributed by atoms with Crippen molar-refractivity contribution in [3.63, 3.8) is 0 Å². The predicted molar refractivity (Wildman–Crippen MR) is 116 cm³/mol. The number of thiazole rings is 1. The maximum Gasteiger partial charge on any atom is 0.230 e. The molecule has 4 rings (SSSR count). The van der Waals surface area contributed by atoms with E-state index in [0.29, 0.717) is 5.13 Å². The van der Waals surface area contributed by atoms with Gasteiger partial charge in [-0.05, 0) is 41.5 Å². The summed E-state index contributed by atoms with van der Waals surface area (Å²) >= 11 is 4.94. The van der Waals surface area contributed by atoms with Crippen molar-refractivity contribution < 1.29 is 9.53 Å². The molecule has 1 amide bonds. The minimum atomic E-state index is -0.0896. The number of amides is 1. The molecule has 2 heterocycles. The molecule has 0 bridgehead atoms. The summed E-state index contributed by atoms with van der Waals surface area (Å²) in [5.41, 5.74) is 3.12. The molecule has 0 fully saturated rings. The van der Waals surface area contributed by atoms with Gasteiger partial charge in [0.2, 0.25) is 5.91 Å². The number of hydrogen-bond donors (Lipinski definition) is 2. The minimum absolute atomic E-state index is 0.0896. The van der Waals surface area contributed by atoms with Gasteiger partial charge in [-0.2, -0.15) is 0 Å². The number of benzene rings is 2. The van der Waals surface area contributed by atoms with Crippen molar-refractivity contribution in [1.82, 2.24) is 9.97 Å². The van der Waals surface area contributed by atoms with E-state index in [0.717, 1.165) is 38.0 Å². The van der Waals surface area contributed by atoms with Crippen molar-refractivity contribution in [1.29, 1.82) is 0 Å². The van der Waals surface area contributed by atoms with Crippen LogP contribution in [-0.2, 0) is 17.6 Å². The van der Waals surface area contributed by atoms with Gasteiger partial charge in [-0.1, -0.05) is 28.1 Å². The van der Waals surface area contributed by atoms with Crippen molar-refractivity contribution in [2.24, 2.45) is 0 Å². The van der Waals surface area contributed by atoms with Gasteiger partial charge in [-0.25, -0.2) is 4.98 Å². The van der Waals surface area contributed by atoms with Gasteiger partial charge in [0.05, 0.1) is 13.5 Å². The number of nitrogens with zero attached hydrogens (tertiary/aromatic N) is 1. The average Bonchev–Trinajstić information content (AvgIpc) is 3.30. The lowest BCUT2D eigenvalue weighted by Gasteiger charge is -2.03. The fourth-order valence-electron chi connectivity index (χ4n) is 3.02. The van der Waals surface area contributed by atoms with Gasteiger partial charge in [0, 0.05) is 39.1 Å². The summed E-state index contributed by atoms with van der Waals surface area (Å²) in [7, 11) is 1.63. The number of halogens is 1. The lowest BCUT2D eigenvalue weighted by molar-refractivity contribution is -0.115. The van der Waals surface area contributed by atoms with E-state index in [1.165, 1.54) is 16.9 Å². The summed E-state index contributed by atoms with van der Waals surface area (Å²) in [6, 6.07) is 14.0. The molecule has 7 heteroatoms. The zero-order valence-corrected chi connectivity index (χ0v) is 17.6. The Hall–Kier alpha value is -2.64. The molecule has 0 unspecified atom stereocenters. The Morgan fingerprint density at radius 2 is 2.07 bits per heavy atom. The Labute approximate surface area is 174 Å². The van der Waals surface area contributed by atoms with E-state index in [9.17, 15) is 4.79 Å². The highest BCUT2D eigenvalue weighted by Gasteiger charge is 2.12. The summed E-state index contributed by atoms with van der Waals surface area (Å²) in [5.74, 6) is 0.680. The van der Waals surface area contributed by atoms with Crippen LogP contribution in [0.4, 0.5) is 5.13 Å². The molecule has 5 nitrogen and oxygen atoms in total. The quantitative estimate of drug-likeness (QED) is 0.421. The topological polar surface area (TPSA) is 67.0 Å². The molecular formula is C21H18BrN3O2S. The van der Waals surface area contributed by atoms with Crippen LogP contribution in [0.1, 0.15) is 16.0 Å². The standard InChI is InChI=1S/C21H18BrN3O2S/c1-27-16-6-7-19-18(10-16)14(11-23-19)9-20(26)25-21-24-12-17(28-21)8-13-2-4-15(22)5-3-13/h2-7,10-12,23H,8-9H2,1H3,(H,24,25,26). The maximum atomic E-state index is 12.5. The maximum absolute atomic E-state index is 12.5. The van der Waals surface area contributed by atoms with Gasteiger partial charge in [0.25, 0.3) is 0 Å². The smallest absolute Gasteiger partial charge is 0.230 e. The number of fused-ring (bicyclic) bond motifs is 1. The van der Waals surface area contributed by atoms with Crippen molar-refractivity contribution >= 4 is 49.2 Å². The fraction of sp³-hybridized carbons (Fsp3) is 0.143. The van der Waals surface area contributed by atoms with Crippen LogP contribution in [0.15, 0.2) is 59.3 Å². The second kappa shape index (κ2) is 8.16. The third-order valence-electron chi connectivity index (χ3n) is 4.42. The largest absolute Gasteiger partial charge is 0.497 e. The first-order valence-corrected chi connectivity index (χ1v) is 10.3. The number of carbonyl (C=O) groups excluding carboxylic acids is 1. The monoisotopic (exact) mass is 455 g/mol. The Bertz CT molecular complexity index is 1120. The number of anilines is 1. The highest BCUT2D eigenvalue weighted by atomic mass is 79.9. The van der Waals surface area contributed by atoms with Crippen molar-refractivity contribution in [3.8, 4) is 5.75 Å². The van der Waals surface area contributed by atoms with Crippen LogP contribution in [0.5, 0.6) is 5.75 Å². The molecule has 0 aliphatic carbocycles. The van der Waals surface area contributed by atoms with Crippen LogP contribution in [-0.4, -0.2) is 23.0 Å². The number of rotatable bonds is 6. The second-order valence-electron chi connectivity index (χ2n) is 6.39. The van der Waals surface area contributed by atoms with Crippen LogP contribution in [0.25, 0.3) is 10.9 Å². The first-order chi connectivity index (χ1) is 13.6. The number of hydrogen-bond acceptors (Lipinski definition) is 4. The molecule has 0 radical (unpaired) electrons. The van der Waals surface area contributed by atoms with Crippen LogP contribution in [0.2, 0.25) is 0 Å². The average molecular weight is 456 g/mol. The molecule has 0 aliphatic heterocycles. The summed E-state index contributed by atoms with van der Waals surface area (Å²) in [6.07, 6.45) is 4.75. The van der Waals surface area contributed by atoms with E-state index in [1.54, 1.807) is 7.11 Å². The van der Waals surface area contributed by atoms with E-state index in [4.69, 9.17) is 4.74 Å². The number of aromatic amines is 1. The highest BCUT2D eigenvalue weighted by molar-refractivity contribution is 9.10. The van der Waals surface area contributed by atoms with Crippen LogP contribution >= 0.6 is 27.3 Å². The first kappa shape index (κ1) is 18.7. The zero-order chi connectivity index (χ0) is 19.5. The molecule has 2 N–H and O–H groups in total. The lowest BCUT2D eigenvalue weighted by Crippen LogP contribution is -2.13. The molecule has 0 aliphatic rings. The van der Waals surface area contributed by atoms with E-state index >= 15 is 0 Å². The molecule has 2 aromatic heterocycles. The van der Waals surface area contributed by atoms with Gasteiger partial charge < -0.3 is 15.0 Å². The first-order valence-electron chi connectivity index (χ1n) is 8.74. The molecule has 0 atom stereocenters. The molecule has 28 heavy (non-hydrogen) atoms. The highest BCUT2D eigenvalue weighted by Crippen LogP contribution is 2.25. The third-order valence-corrected chi connectivity index (χ3v) is 5.86. The third kappa shape index (κ3) is 4.26. The number of ether oxygens (including phenoxy) is 1. The molecule has 0 saturated heterocycles. The Balaban J connectivity index is 1.42. The summed E-state index contributed by atoms with van der Waals surface area (Å²) in [6.45, 7) is 0. The van der Waals surface area contributed by atoms with Crippen molar-refractivity contribution in [2.75, 3.05) is 12.4 Å². The summed E-state index contributed by atoms with van der Waals surface area (Å²) < 4.78 is 6.34. The summed E-state index contributed by atoms with van der Waals surface area (Å²) in [4.78, 5) is 21.1. The number of methoxy groups -OCH3 is 1. The molecule has 0 saturated carbocycles. The summed E-state index contributed by atoms with van der Waals surface area (Å²) in [5, 5.41) is 4.51. The second-order valence-corrected chi connectivity index (χ2v) is 8.42. The van der Waals surface area contributed by atoms with Gasteiger partial charge in [0.1, 0.15) is 5.75 Å². The van der Waals surface area contributed by atoms with E-state index < -0.39 is 0 Å². The Morgan fingerprint density at radius 1 is 1.25 bits per heavy atom. The van der Waals surface area contributed by atoms with Gasteiger partial charge in [0.15, 0.2) is 5.13 Å². The Kier molecular flexibility index (Phi) is 5.45. The van der Waals surface area contributed by atoms with Gasteiger partial charge in [-0.3, -0.25) is 4.79 Å². The van der Waals surface area contributed by atoms with Crippen LogP contribution in [0, 0.1) is 0 Å². The Morgan fingerprint density at radius 3 is 2.86 bits per heavy atom.